The molecule has 6 heteroatoms. The molecular formula is C30H35N5O. The molecule has 36 heavy (non-hydrogen) atoms. The second-order valence-corrected chi connectivity index (χ2v) is 9.95. The lowest BCUT2D eigenvalue weighted by atomic mass is 9.95. The fourth-order valence-corrected chi connectivity index (χ4v) is 5.08. The average molecular weight is 482 g/mol. The summed E-state index contributed by atoms with van der Waals surface area (Å²) in [5.41, 5.74) is 10.6. The molecule has 4 N–H and O–H groups in total. The Kier molecular flexibility index (Phi) is 7.86. The number of nitrogen functional groups attached to an aromatic ring is 1. The van der Waals surface area contributed by atoms with Crippen molar-refractivity contribution in [2.75, 3.05) is 18.5 Å². The van der Waals surface area contributed by atoms with Crippen LogP contribution in [0.3, 0.4) is 0 Å². The van der Waals surface area contributed by atoms with E-state index in [1.54, 1.807) is 0 Å². The number of allylic oxidation sites excluding steroid dienone is 4. The summed E-state index contributed by atoms with van der Waals surface area (Å²) in [6, 6.07) is 12.9. The highest BCUT2D eigenvalue weighted by Gasteiger charge is 2.17. The van der Waals surface area contributed by atoms with E-state index < -0.39 is 0 Å². The van der Waals surface area contributed by atoms with Crippen molar-refractivity contribution in [3.05, 3.63) is 102 Å². The maximum Gasteiger partial charge on any atom is 0.0564 e. The van der Waals surface area contributed by atoms with Crippen molar-refractivity contribution in [3.8, 4) is 11.1 Å². The predicted molar refractivity (Wildman–Crippen MR) is 145 cm³/mol. The molecule has 1 aliphatic carbocycles. The number of rotatable bonds is 8. The Balaban J connectivity index is 1.29. The minimum Gasteiger partial charge on any atom is -0.393 e. The second-order valence-electron chi connectivity index (χ2n) is 9.95. The number of hydrogen-bond acceptors (Lipinski definition) is 6. The number of aliphatic hydroxyl groups is 1. The highest BCUT2D eigenvalue weighted by atomic mass is 16.3. The zero-order valence-electron chi connectivity index (χ0n) is 20.7. The molecule has 3 heterocycles. The monoisotopic (exact) mass is 481 g/mol. The van der Waals surface area contributed by atoms with E-state index >= 15 is 0 Å². The Morgan fingerprint density at radius 3 is 2.61 bits per heavy atom. The van der Waals surface area contributed by atoms with Gasteiger partial charge in [-0.25, -0.2) is 0 Å². The van der Waals surface area contributed by atoms with Gasteiger partial charge in [0.2, 0.25) is 0 Å². The van der Waals surface area contributed by atoms with E-state index in [0.29, 0.717) is 5.92 Å². The maximum atomic E-state index is 9.78. The molecule has 2 aromatic heterocycles. The molecule has 1 atom stereocenters. The largest absolute Gasteiger partial charge is 0.393 e. The normalized spacial score (nSPS) is 18.4. The van der Waals surface area contributed by atoms with E-state index in [1.165, 1.54) is 5.56 Å². The van der Waals surface area contributed by atoms with Crippen LogP contribution in [0.15, 0.2) is 79.3 Å². The first kappa shape index (κ1) is 24.4. The predicted octanol–water partition coefficient (Wildman–Crippen LogP) is 4.65. The summed E-state index contributed by atoms with van der Waals surface area (Å²) in [6.07, 6.45) is 18.9. The van der Waals surface area contributed by atoms with Crippen LogP contribution < -0.4 is 11.3 Å². The van der Waals surface area contributed by atoms with Crippen LogP contribution in [0.2, 0.25) is 0 Å². The van der Waals surface area contributed by atoms with E-state index in [1.807, 2.05) is 24.7 Å². The SMILES string of the molecule is NNc1ccc(-c2cncc(CN3CCC(O)CC3)c2)cc1Cc1ccc(CC2C=CC=CC2)nc1. The molecule has 0 amide bonds. The molecule has 0 bridgehead atoms. The maximum absolute atomic E-state index is 9.78. The van der Waals surface area contributed by atoms with E-state index in [9.17, 15) is 5.11 Å². The lowest BCUT2D eigenvalue weighted by Crippen LogP contribution is -2.35. The molecule has 2 aliphatic rings. The summed E-state index contributed by atoms with van der Waals surface area (Å²) in [5.74, 6) is 6.38. The molecule has 1 aliphatic heterocycles. The zero-order chi connectivity index (χ0) is 24.7. The molecule has 5 rings (SSSR count). The zero-order valence-corrected chi connectivity index (χ0v) is 20.7. The van der Waals surface area contributed by atoms with Crippen molar-refractivity contribution >= 4 is 5.69 Å². The molecule has 0 spiro atoms. The number of benzene rings is 1. The Bertz CT molecular complexity index is 1210. The van der Waals surface area contributed by atoms with Gasteiger partial charge in [-0.3, -0.25) is 20.7 Å². The van der Waals surface area contributed by atoms with E-state index in [-0.39, 0.29) is 6.10 Å². The fraction of sp³-hybridized carbons (Fsp3) is 0.333. The van der Waals surface area contributed by atoms with Gasteiger partial charge in [0.1, 0.15) is 0 Å². The number of piperidine rings is 1. The van der Waals surface area contributed by atoms with Crippen LogP contribution >= 0.6 is 0 Å². The van der Waals surface area contributed by atoms with Gasteiger partial charge >= 0.3 is 0 Å². The highest BCUT2D eigenvalue weighted by molar-refractivity contribution is 5.68. The van der Waals surface area contributed by atoms with Crippen molar-refractivity contribution < 1.29 is 5.11 Å². The summed E-state index contributed by atoms with van der Waals surface area (Å²) in [6.45, 7) is 2.70. The number of anilines is 1. The summed E-state index contributed by atoms with van der Waals surface area (Å²) >= 11 is 0. The number of hydrazine groups is 1. The van der Waals surface area contributed by atoms with Gasteiger partial charge < -0.3 is 10.5 Å². The molecule has 1 saturated heterocycles. The fourth-order valence-electron chi connectivity index (χ4n) is 5.08. The van der Waals surface area contributed by atoms with E-state index in [2.05, 4.69) is 69.9 Å². The Morgan fingerprint density at radius 2 is 1.86 bits per heavy atom. The minimum atomic E-state index is -0.156. The molecule has 1 unspecified atom stereocenters. The molecular weight excluding hydrogens is 446 g/mol. The van der Waals surface area contributed by atoms with Gasteiger partial charge in [0, 0.05) is 55.9 Å². The van der Waals surface area contributed by atoms with Crippen LogP contribution in [0.4, 0.5) is 5.69 Å². The standard InChI is InChI=1S/C30H35N5O/c31-34-30-9-7-25(27-15-24(18-32-20-27)21-35-12-10-29(36)11-13-35)17-26(30)14-23-6-8-28(33-19-23)16-22-4-2-1-3-5-22/h1-4,6-9,15,17-20,22,29,34,36H,5,10-14,16,21,31H2. The van der Waals surface area contributed by atoms with Crippen molar-refractivity contribution in [1.29, 1.82) is 0 Å². The molecule has 6 nitrogen and oxygen atoms in total. The summed E-state index contributed by atoms with van der Waals surface area (Å²) in [4.78, 5) is 11.6. The van der Waals surface area contributed by atoms with Gasteiger partial charge in [-0.15, -0.1) is 0 Å². The number of nitrogens with zero attached hydrogens (tertiary/aromatic N) is 3. The van der Waals surface area contributed by atoms with Crippen LogP contribution in [0.25, 0.3) is 11.1 Å². The lowest BCUT2D eigenvalue weighted by Gasteiger charge is -2.29. The highest BCUT2D eigenvalue weighted by Crippen LogP contribution is 2.28. The van der Waals surface area contributed by atoms with Crippen LogP contribution in [0.1, 0.15) is 41.6 Å². The third kappa shape index (κ3) is 6.26. The van der Waals surface area contributed by atoms with Crippen molar-refractivity contribution in [1.82, 2.24) is 14.9 Å². The number of pyridine rings is 2. The number of aromatic nitrogens is 2. The third-order valence-electron chi connectivity index (χ3n) is 7.17. The Morgan fingerprint density at radius 1 is 0.972 bits per heavy atom. The molecule has 1 aromatic carbocycles. The quantitative estimate of drug-likeness (QED) is 0.321. The average Bonchev–Trinajstić information content (AvgIpc) is 2.92. The first-order chi connectivity index (χ1) is 17.7. The van der Waals surface area contributed by atoms with Crippen molar-refractivity contribution in [3.63, 3.8) is 0 Å². The van der Waals surface area contributed by atoms with Gasteiger partial charge in [-0.1, -0.05) is 36.4 Å². The van der Waals surface area contributed by atoms with E-state index in [0.717, 1.165) is 85.4 Å². The number of nitrogens with two attached hydrogens (primary N) is 1. The molecule has 0 saturated carbocycles. The van der Waals surface area contributed by atoms with Crippen molar-refractivity contribution in [2.24, 2.45) is 11.8 Å². The first-order valence-electron chi connectivity index (χ1n) is 12.9. The number of aliphatic hydroxyl groups excluding tert-OH is 1. The van der Waals surface area contributed by atoms with Gasteiger partial charge in [-0.05, 0) is 78.1 Å². The molecule has 0 radical (unpaired) electrons. The summed E-state index contributed by atoms with van der Waals surface area (Å²) < 4.78 is 0. The van der Waals surface area contributed by atoms with Crippen LogP contribution in [0.5, 0.6) is 0 Å². The first-order valence-corrected chi connectivity index (χ1v) is 12.9. The number of hydrogen-bond donors (Lipinski definition) is 3. The minimum absolute atomic E-state index is 0.156. The summed E-state index contributed by atoms with van der Waals surface area (Å²) in [5, 5.41) is 9.78. The second kappa shape index (κ2) is 11.6. The topological polar surface area (TPSA) is 87.3 Å². The lowest BCUT2D eigenvalue weighted by molar-refractivity contribution is 0.0792. The smallest absolute Gasteiger partial charge is 0.0564 e. The van der Waals surface area contributed by atoms with E-state index in [4.69, 9.17) is 10.8 Å². The van der Waals surface area contributed by atoms with Crippen LogP contribution in [0, 0.1) is 5.92 Å². The summed E-state index contributed by atoms with van der Waals surface area (Å²) in [7, 11) is 0. The Hall–Kier alpha value is -3.32. The van der Waals surface area contributed by atoms with Gasteiger partial charge in [0.25, 0.3) is 0 Å². The third-order valence-corrected chi connectivity index (χ3v) is 7.17. The van der Waals surface area contributed by atoms with Crippen LogP contribution in [-0.2, 0) is 19.4 Å². The molecule has 3 aromatic rings. The van der Waals surface area contributed by atoms with Gasteiger partial charge in [0.05, 0.1) is 11.8 Å². The number of likely N-dealkylation sites (tertiary alicyclic amines) is 1. The van der Waals surface area contributed by atoms with Crippen molar-refractivity contribution in [2.45, 2.75) is 44.8 Å². The molecule has 186 valence electrons. The molecule has 1 fully saturated rings. The Labute approximate surface area is 213 Å². The van der Waals surface area contributed by atoms with Crippen LogP contribution in [-0.4, -0.2) is 39.2 Å². The van der Waals surface area contributed by atoms with Gasteiger partial charge in [0.15, 0.2) is 0 Å². The van der Waals surface area contributed by atoms with Gasteiger partial charge in [-0.2, -0.15) is 0 Å². The number of nitrogens with one attached hydrogen (secondary N) is 1.